The molecule has 1 heterocycles. The highest BCUT2D eigenvalue weighted by atomic mass is 35.5. The standard InChI is InChI=1S/C14H20ClN3O4S/c1-3-22-14(19)11-8-16-17-13(11)23(20,21)18(2)9-10-6-4-5-7-12(10)15/h4-7,11,13,16-17H,3,8-9H2,1-2H3. The molecule has 0 spiro atoms. The van der Waals surface area contributed by atoms with Crippen LogP contribution in [-0.2, 0) is 26.1 Å². The number of hydrazine groups is 1. The lowest BCUT2D eigenvalue weighted by molar-refractivity contribution is -0.147. The van der Waals surface area contributed by atoms with Gasteiger partial charge in [-0.3, -0.25) is 10.2 Å². The molecule has 2 atom stereocenters. The molecule has 2 unspecified atom stereocenters. The van der Waals surface area contributed by atoms with Crippen molar-refractivity contribution >= 4 is 27.6 Å². The van der Waals surface area contributed by atoms with Crippen molar-refractivity contribution in [3.63, 3.8) is 0 Å². The number of carbonyl (C=O) groups is 1. The van der Waals surface area contributed by atoms with Gasteiger partial charge < -0.3 is 4.74 Å². The number of hydrogen-bond acceptors (Lipinski definition) is 6. The average molecular weight is 362 g/mol. The molecule has 23 heavy (non-hydrogen) atoms. The van der Waals surface area contributed by atoms with E-state index in [0.29, 0.717) is 10.6 Å². The third kappa shape index (κ3) is 4.02. The molecule has 1 aliphatic rings. The van der Waals surface area contributed by atoms with Gasteiger partial charge in [0.1, 0.15) is 5.92 Å². The molecule has 128 valence electrons. The summed E-state index contributed by atoms with van der Waals surface area (Å²) < 4.78 is 31.6. The molecule has 0 radical (unpaired) electrons. The lowest BCUT2D eigenvalue weighted by Crippen LogP contribution is -2.47. The van der Waals surface area contributed by atoms with Crippen LogP contribution in [-0.4, -0.2) is 44.3 Å². The molecule has 9 heteroatoms. The van der Waals surface area contributed by atoms with E-state index in [0.717, 1.165) is 0 Å². The Hall–Kier alpha value is -1.19. The van der Waals surface area contributed by atoms with Crippen LogP contribution in [0.15, 0.2) is 24.3 Å². The fourth-order valence-corrected chi connectivity index (χ4v) is 4.12. The summed E-state index contributed by atoms with van der Waals surface area (Å²) in [5, 5.41) is -0.581. The summed E-state index contributed by atoms with van der Waals surface area (Å²) in [6.45, 7) is 2.21. The van der Waals surface area contributed by atoms with Crippen LogP contribution >= 0.6 is 11.6 Å². The largest absolute Gasteiger partial charge is 0.466 e. The van der Waals surface area contributed by atoms with Crippen LogP contribution in [0.4, 0.5) is 0 Å². The zero-order valence-electron chi connectivity index (χ0n) is 13.0. The van der Waals surface area contributed by atoms with Crippen LogP contribution in [0.2, 0.25) is 5.02 Å². The van der Waals surface area contributed by atoms with Crippen molar-refractivity contribution < 1.29 is 17.9 Å². The summed E-state index contributed by atoms with van der Waals surface area (Å²) in [5.74, 6) is -1.33. The van der Waals surface area contributed by atoms with E-state index in [2.05, 4.69) is 10.9 Å². The fourth-order valence-electron chi connectivity index (χ4n) is 2.37. The first kappa shape index (κ1) is 18.2. The molecule has 0 amide bonds. The monoisotopic (exact) mass is 361 g/mol. The minimum atomic E-state index is -3.77. The fraction of sp³-hybridized carbons (Fsp3) is 0.500. The number of carbonyl (C=O) groups excluding carboxylic acids is 1. The van der Waals surface area contributed by atoms with Gasteiger partial charge in [0.05, 0.1) is 6.61 Å². The first-order chi connectivity index (χ1) is 10.9. The molecule has 1 fully saturated rings. The minimum absolute atomic E-state index is 0.121. The van der Waals surface area contributed by atoms with Gasteiger partial charge in [-0.05, 0) is 18.6 Å². The Morgan fingerprint density at radius 3 is 2.78 bits per heavy atom. The number of hydrogen-bond donors (Lipinski definition) is 2. The normalized spacial score (nSPS) is 21.6. The van der Waals surface area contributed by atoms with Crippen LogP contribution in [0.5, 0.6) is 0 Å². The highest BCUT2D eigenvalue weighted by Gasteiger charge is 2.44. The Morgan fingerprint density at radius 1 is 1.43 bits per heavy atom. The van der Waals surface area contributed by atoms with Crippen molar-refractivity contribution in [3.8, 4) is 0 Å². The molecule has 0 bridgehead atoms. The summed E-state index contributed by atoms with van der Waals surface area (Å²) in [6.07, 6.45) is 0. The van der Waals surface area contributed by atoms with Gasteiger partial charge in [-0.2, -0.15) is 4.31 Å². The number of sulfonamides is 1. The lowest BCUT2D eigenvalue weighted by Gasteiger charge is -2.24. The van der Waals surface area contributed by atoms with Gasteiger partial charge >= 0.3 is 5.97 Å². The number of halogens is 1. The number of rotatable bonds is 6. The Morgan fingerprint density at radius 2 is 2.13 bits per heavy atom. The number of nitrogens with one attached hydrogen (secondary N) is 2. The van der Waals surface area contributed by atoms with E-state index < -0.39 is 27.3 Å². The van der Waals surface area contributed by atoms with Crippen LogP contribution in [0, 0.1) is 5.92 Å². The van der Waals surface area contributed by atoms with Crippen LogP contribution < -0.4 is 10.9 Å². The van der Waals surface area contributed by atoms with Crippen molar-refractivity contribution in [2.75, 3.05) is 20.2 Å². The van der Waals surface area contributed by atoms with E-state index >= 15 is 0 Å². The second kappa shape index (κ2) is 7.59. The smallest absolute Gasteiger partial charge is 0.313 e. The number of esters is 1. The molecule has 2 rings (SSSR count). The molecule has 0 saturated carbocycles. The van der Waals surface area contributed by atoms with Crippen LogP contribution in [0.1, 0.15) is 12.5 Å². The predicted octanol–water partition coefficient (Wildman–Crippen LogP) is 0.715. The molecule has 0 aromatic heterocycles. The Balaban J connectivity index is 2.16. The van der Waals surface area contributed by atoms with Gasteiger partial charge in [-0.15, -0.1) is 0 Å². The summed E-state index contributed by atoms with van der Waals surface area (Å²) in [7, 11) is -2.31. The zero-order valence-corrected chi connectivity index (χ0v) is 14.5. The number of benzene rings is 1. The first-order valence-electron chi connectivity index (χ1n) is 7.21. The number of nitrogens with zero attached hydrogens (tertiary/aromatic N) is 1. The Kier molecular flexibility index (Phi) is 5.99. The quantitative estimate of drug-likeness (QED) is 0.726. The lowest BCUT2D eigenvalue weighted by atomic mass is 10.2. The maximum Gasteiger partial charge on any atom is 0.313 e. The SMILES string of the molecule is CCOC(=O)C1CNNC1S(=O)(=O)N(C)Cc1ccccc1Cl. The topological polar surface area (TPSA) is 87.7 Å². The molecule has 1 saturated heterocycles. The Labute approximate surface area is 141 Å². The maximum atomic E-state index is 12.7. The van der Waals surface area contributed by atoms with Gasteiger partial charge in [0.2, 0.25) is 10.0 Å². The summed E-state index contributed by atoms with van der Waals surface area (Å²) >= 11 is 6.07. The third-order valence-electron chi connectivity index (χ3n) is 3.63. The molecule has 1 aromatic carbocycles. The van der Waals surface area contributed by atoms with Gasteiger partial charge in [0.25, 0.3) is 0 Å². The van der Waals surface area contributed by atoms with E-state index in [1.807, 2.05) is 0 Å². The van der Waals surface area contributed by atoms with Crippen LogP contribution in [0.25, 0.3) is 0 Å². The molecule has 2 N–H and O–H groups in total. The van der Waals surface area contributed by atoms with Crippen molar-refractivity contribution in [2.45, 2.75) is 18.8 Å². The first-order valence-corrected chi connectivity index (χ1v) is 9.09. The second-order valence-corrected chi connectivity index (χ2v) is 7.77. The highest BCUT2D eigenvalue weighted by molar-refractivity contribution is 7.89. The van der Waals surface area contributed by atoms with E-state index in [9.17, 15) is 13.2 Å². The molecular formula is C14H20ClN3O4S. The van der Waals surface area contributed by atoms with E-state index in [4.69, 9.17) is 16.3 Å². The van der Waals surface area contributed by atoms with E-state index in [1.165, 1.54) is 11.4 Å². The minimum Gasteiger partial charge on any atom is -0.466 e. The molecular weight excluding hydrogens is 342 g/mol. The average Bonchev–Trinajstić information content (AvgIpc) is 3.00. The van der Waals surface area contributed by atoms with Crippen molar-refractivity contribution in [1.82, 2.24) is 15.2 Å². The van der Waals surface area contributed by atoms with Crippen molar-refractivity contribution in [1.29, 1.82) is 0 Å². The molecule has 7 nitrogen and oxygen atoms in total. The Bertz CT molecular complexity index is 668. The van der Waals surface area contributed by atoms with Gasteiger partial charge in [-0.25, -0.2) is 13.8 Å². The highest BCUT2D eigenvalue weighted by Crippen LogP contribution is 2.22. The molecule has 0 aliphatic carbocycles. The predicted molar refractivity (Wildman–Crippen MR) is 86.9 cm³/mol. The molecule has 1 aromatic rings. The maximum absolute atomic E-state index is 12.7. The zero-order chi connectivity index (χ0) is 17.0. The summed E-state index contributed by atoms with van der Waals surface area (Å²) in [5.41, 5.74) is 6.06. The summed E-state index contributed by atoms with van der Waals surface area (Å²) in [4.78, 5) is 11.9. The van der Waals surface area contributed by atoms with Gasteiger partial charge in [0, 0.05) is 25.2 Å². The van der Waals surface area contributed by atoms with Crippen LogP contribution in [0.3, 0.4) is 0 Å². The third-order valence-corrected chi connectivity index (χ3v) is 6.08. The van der Waals surface area contributed by atoms with E-state index in [-0.39, 0.29) is 19.7 Å². The van der Waals surface area contributed by atoms with Gasteiger partial charge in [0.15, 0.2) is 5.37 Å². The number of ether oxygens (including phenoxy) is 1. The van der Waals surface area contributed by atoms with E-state index in [1.54, 1.807) is 31.2 Å². The summed E-state index contributed by atoms with van der Waals surface area (Å²) in [6, 6.07) is 7.03. The molecule has 1 aliphatic heterocycles. The van der Waals surface area contributed by atoms with Crippen molar-refractivity contribution in [3.05, 3.63) is 34.9 Å². The van der Waals surface area contributed by atoms with Crippen molar-refractivity contribution in [2.24, 2.45) is 5.92 Å². The second-order valence-electron chi connectivity index (χ2n) is 5.20. The van der Waals surface area contributed by atoms with Gasteiger partial charge in [-0.1, -0.05) is 29.8 Å².